The zero-order chi connectivity index (χ0) is 21.1. The molecular formula is C23H21N3O4. The number of ether oxygens (including phenoxy) is 1. The molecule has 3 aromatic rings. The molecular weight excluding hydrogens is 382 g/mol. The molecule has 1 heterocycles. The van der Waals surface area contributed by atoms with Crippen LogP contribution in [0.1, 0.15) is 22.9 Å². The van der Waals surface area contributed by atoms with Crippen molar-refractivity contribution in [2.24, 2.45) is 0 Å². The number of hydrogen-bond donors (Lipinski definition) is 1. The molecule has 1 aromatic heterocycles. The van der Waals surface area contributed by atoms with Crippen LogP contribution in [-0.2, 0) is 16.0 Å². The van der Waals surface area contributed by atoms with Crippen LogP contribution in [0.4, 0.5) is 4.79 Å². The lowest BCUT2D eigenvalue weighted by molar-refractivity contribution is -0.142. The third-order valence-corrected chi connectivity index (χ3v) is 5.37. The monoisotopic (exact) mass is 403 g/mol. The predicted octanol–water partition coefficient (Wildman–Crippen LogP) is 3.35. The molecule has 0 spiro atoms. The first-order chi connectivity index (χ1) is 14.6. The van der Waals surface area contributed by atoms with E-state index in [1.54, 1.807) is 6.07 Å². The van der Waals surface area contributed by atoms with Crippen molar-refractivity contribution in [3.8, 4) is 11.1 Å². The minimum Gasteiger partial charge on any atom is -0.480 e. The smallest absolute Gasteiger partial charge is 0.410 e. The van der Waals surface area contributed by atoms with E-state index in [0.717, 1.165) is 27.2 Å². The predicted molar refractivity (Wildman–Crippen MR) is 110 cm³/mol. The molecule has 0 saturated carbocycles. The molecule has 0 radical (unpaired) electrons. The number of fused-ring (bicyclic) bond motifs is 3. The van der Waals surface area contributed by atoms with Gasteiger partial charge in [-0.2, -0.15) is 0 Å². The van der Waals surface area contributed by atoms with Gasteiger partial charge in [0.1, 0.15) is 18.5 Å². The van der Waals surface area contributed by atoms with E-state index in [1.807, 2.05) is 36.4 Å². The lowest BCUT2D eigenvalue weighted by Gasteiger charge is -2.24. The standard InChI is InChI=1S/C23H21N3O4/c1-26(20(22(27)28)13-21-24-11-6-12-25-21)23(29)30-14-19-17-9-4-2-7-15(17)16-8-3-5-10-18(16)19/h2-12,19-20H,13-14H2,1H3,(H,27,28)/t20-/m0/s1. The topological polar surface area (TPSA) is 92.6 Å². The summed E-state index contributed by atoms with van der Waals surface area (Å²) in [7, 11) is 1.42. The van der Waals surface area contributed by atoms with Crippen LogP contribution >= 0.6 is 0 Å². The Morgan fingerprint density at radius 2 is 1.57 bits per heavy atom. The highest BCUT2D eigenvalue weighted by Gasteiger charge is 2.32. The van der Waals surface area contributed by atoms with Gasteiger partial charge in [0.2, 0.25) is 0 Å². The molecule has 0 saturated heterocycles. The van der Waals surface area contributed by atoms with Crippen molar-refractivity contribution in [3.05, 3.63) is 83.9 Å². The number of amides is 1. The van der Waals surface area contributed by atoms with Gasteiger partial charge in [-0.15, -0.1) is 0 Å². The first kappa shape index (κ1) is 19.6. The first-order valence-corrected chi connectivity index (χ1v) is 9.62. The van der Waals surface area contributed by atoms with Crippen LogP contribution in [0.15, 0.2) is 67.0 Å². The molecule has 1 aliphatic rings. The molecule has 0 fully saturated rings. The highest BCUT2D eigenvalue weighted by atomic mass is 16.6. The maximum Gasteiger partial charge on any atom is 0.410 e. The molecule has 1 amide bonds. The van der Waals surface area contributed by atoms with Crippen LogP contribution in [0.5, 0.6) is 0 Å². The number of nitrogens with zero attached hydrogens (tertiary/aromatic N) is 3. The summed E-state index contributed by atoms with van der Waals surface area (Å²) in [6.45, 7) is 0.130. The Morgan fingerprint density at radius 3 is 2.13 bits per heavy atom. The minimum atomic E-state index is -1.14. The fraction of sp³-hybridized carbons (Fsp3) is 0.217. The summed E-state index contributed by atoms with van der Waals surface area (Å²) in [5.74, 6) is -0.878. The summed E-state index contributed by atoms with van der Waals surface area (Å²) < 4.78 is 5.55. The van der Waals surface area contributed by atoms with E-state index in [0.29, 0.717) is 5.82 Å². The van der Waals surface area contributed by atoms with Gasteiger partial charge in [-0.25, -0.2) is 19.6 Å². The number of carboxylic acid groups (broad SMARTS) is 1. The van der Waals surface area contributed by atoms with Crippen molar-refractivity contribution >= 4 is 12.1 Å². The van der Waals surface area contributed by atoms with Gasteiger partial charge in [-0.1, -0.05) is 48.5 Å². The number of carbonyl (C=O) groups excluding carboxylic acids is 1. The molecule has 1 aliphatic carbocycles. The Balaban J connectivity index is 1.48. The number of aliphatic carboxylic acids is 1. The van der Waals surface area contributed by atoms with E-state index < -0.39 is 18.1 Å². The van der Waals surface area contributed by atoms with Crippen molar-refractivity contribution in [1.82, 2.24) is 14.9 Å². The van der Waals surface area contributed by atoms with Crippen LogP contribution in [-0.4, -0.2) is 51.7 Å². The number of carboxylic acids is 1. The van der Waals surface area contributed by atoms with Crippen molar-refractivity contribution in [3.63, 3.8) is 0 Å². The molecule has 0 bridgehead atoms. The van der Waals surface area contributed by atoms with Crippen molar-refractivity contribution in [1.29, 1.82) is 0 Å². The average molecular weight is 403 g/mol. The van der Waals surface area contributed by atoms with Gasteiger partial charge in [0.05, 0.1) is 0 Å². The van der Waals surface area contributed by atoms with E-state index >= 15 is 0 Å². The zero-order valence-electron chi connectivity index (χ0n) is 16.4. The Morgan fingerprint density at radius 1 is 1.00 bits per heavy atom. The van der Waals surface area contributed by atoms with Gasteiger partial charge in [0.25, 0.3) is 0 Å². The molecule has 1 atom stereocenters. The van der Waals surface area contributed by atoms with Gasteiger partial charge in [-0.3, -0.25) is 4.90 Å². The van der Waals surface area contributed by atoms with Crippen molar-refractivity contribution < 1.29 is 19.4 Å². The molecule has 30 heavy (non-hydrogen) atoms. The number of benzene rings is 2. The molecule has 7 heteroatoms. The Hall–Kier alpha value is -3.74. The van der Waals surface area contributed by atoms with Crippen LogP contribution < -0.4 is 0 Å². The zero-order valence-corrected chi connectivity index (χ0v) is 16.4. The minimum absolute atomic E-state index is 0.00311. The summed E-state index contributed by atoms with van der Waals surface area (Å²) in [4.78, 5) is 33.6. The number of carbonyl (C=O) groups is 2. The van der Waals surface area contributed by atoms with Crippen LogP contribution in [0.2, 0.25) is 0 Å². The van der Waals surface area contributed by atoms with Gasteiger partial charge < -0.3 is 9.84 Å². The molecule has 2 aromatic carbocycles. The Labute approximate surface area is 174 Å². The second kappa shape index (κ2) is 8.32. The molecule has 1 N–H and O–H groups in total. The first-order valence-electron chi connectivity index (χ1n) is 9.62. The second-order valence-electron chi connectivity index (χ2n) is 7.14. The molecule has 0 unspecified atom stereocenters. The lowest BCUT2D eigenvalue weighted by atomic mass is 9.98. The van der Waals surface area contributed by atoms with E-state index in [4.69, 9.17) is 4.74 Å². The number of aromatic nitrogens is 2. The lowest BCUT2D eigenvalue weighted by Crippen LogP contribution is -2.44. The van der Waals surface area contributed by atoms with E-state index in [9.17, 15) is 14.7 Å². The van der Waals surface area contributed by atoms with E-state index in [2.05, 4.69) is 22.1 Å². The summed E-state index contributed by atoms with van der Waals surface area (Å²) >= 11 is 0. The van der Waals surface area contributed by atoms with Crippen LogP contribution in [0, 0.1) is 0 Å². The van der Waals surface area contributed by atoms with E-state index in [1.165, 1.54) is 19.4 Å². The summed E-state index contributed by atoms with van der Waals surface area (Å²) in [5.41, 5.74) is 4.46. The van der Waals surface area contributed by atoms with Gasteiger partial charge in [0, 0.05) is 31.8 Å². The number of likely N-dealkylation sites (N-methyl/N-ethyl adjacent to an activating group) is 1. The number of rotatable bonds is 6. The second-order valence-corrected chi connectivity index (χ2v) is 7.14. The molecule has 0 aliphatic heterocycles. The Kier molecular flexibility index (Phi) is 5.43. The summed E-state index contributed by atoms with van der Waals surface area (Å²) in [6, 6.07) is 16.6. The summed E-state index contributed by atoms with van der Waals surface area (Å²) in [5, 5.41) is 9.59. The van der Waals surface area contributed by atoms with Crippen LogP contribution in [0.25, 0.3) is 11.1 Å². The van der Waals surface area contributed by atoms with Crippen molar-refractivity contribution in [2.75, 3.05) is 13.7 Å². The fourth-order valence-electron chi connectivity index (χ4n) is 3.82. The normalized spacial score (nSPS) is 13.2. The van der Waals surface area contributed by atoms with Gasteiger partial charge in [-0.05, 0) is 28.3 Å². The average Bonchev–Trinajstić information content (AvgIpc) is 3.09. The Bertz CT molecular complexity index is 1030. The highest BCUT2D eigenvalue weighted by molar-refractivity contribution is 5.81. The van der Waals surface area contributed by atoms with E-state index in [-0.39, 0.29) is 18.9 Å². The maximum absolute atomic E-state index is 12.7. The fourth-order valence-corrected chi connectivity index (χ4v) is 3.82. The third kappa shape index (κ3) is 3.74. The van der Waals surface area contributed by atoms with Crippen molar-refractivity contribution in [2.45, 2.75) is 18.4 Å². The third-order valence-electron chi connectivity index (χ3n) is 5.37. The van der Waals surface area contributed by atoms with Gasteiger partial charge in [0.15, 0.2) is 0 Å². The number of hydrogen-bond acceptors (Lipinski definition) is 5. The molecule has 152 valence electrons. The van der Waals surface area contributed by atoms with Gasteiger partial charge >= 0.3 is 12.1 Å². The SMILES string of the molecule is CN(C(=O)OCC1c2ccccc2-c2ccccc21)[C@@H](Cc1ncccn1)C(=O)O. The molecule has 7 nitrogen and oxygen atoms in total. The largest absolute Gasteiger partial charge is 0.480 e. The quantitative estimate of drug-likeness (QED) is 0.679. The highest BCUT2D eigenvalue weighted by Crippen LogP contribution is 2.44. The molecule has 4 rings (SSSR count). The summed E-state index contributed by atoms with van der Waals surface area (Å²) in [6.07, 6.45) is 2.38. The van der Waals surface area contributed by atoms with Crippen LogP contribution in [0.3, 0.4) is 0 Å². The maximum atomic E-state index is 12.7.